The summed E-state index contributed by atoms with van der Waals surface area (Å²) in [5.74, 6) is -0.797. The first kappa shape index (κ1) is 64.0. The zero-order chi connectivity index (χ0) is 81.7. The summed E-state index contributed by atoms with van der Waals surface area (Å²) in [5, 5.41) is 59.8. The highest BCUT2D eigenvalue weighted by atomic mass is 15.0. The van der Waals surface area contributed by atoms with Gasteiger partial charge < -0.3 is 8.80 Å². The van der Waals surface area contributed by atoms with Gasteiger partial charge in [0.1, 0.15) is 0 Å². The van der Waals surface area contributed by atoms with E-state index >= 15 is 0 Å². The number of rotatable bonds is 0. The molecule has 125 heavy (non-hydrogen) atoms. The molecule has 10 atom stereocenters. The SMILES string of the molecule is CC(C)(C)c1ccc2c(c1)C13c4cc(ccc4-2)C(C)(C)C24c5ccccc5C25c2ccccc2C5c2c(C#N)cc5c(c24)c2c1c(cc1c4c6c(c(C#N)cc4n5c12)C1c2ccccc2C6c2ccccc21)-c1cc2c4c5c(c(C#N)cc4n4c6cc(C#N)c7c(c6c(c13)c24)C1c2ccccc2C12c1ccccc1C72)C1c2ccccc2C12c1ccccc1C52. The van der Waals surface area contributed by atoms with Crippen molar-refractivity contribution in [3.8, 4) is 46.5 Å². The fraction of sp³-hybridized carbons (Fsp3) is 0.160. The maximum Gasteiger partial charge on any atom is 0.0995 e. The van der Waals surface area contributed by atoms with Crippen LogP contribution in [0, 0.1) is 45.3 Å². The van der Waals surface area contributed by atoms with Gasteiger partial charge in [-0.1, -0.05) is 265 Å². The Kier molecular flexibility index (Phi) is 9.79. The fourth-order valence-corrected chi connectivity index (χ4v) is 33.3. The summed E-state index contributed by atoms with van der Waals surface area (Å²) in [6.07, 6.45) is 0. The minimum absolute atomic E-state index is 0.0380. The molecule has 15 aliphatic rings. The van der Waals surface area contributed by atoms with Crippen molar-refractivity contribution in [3.63, 3.8) is 0 Å². The van der Waals surface area contributed by atoms with E-state index in [9.17, 15) is 21.0 Å². The fourth-order valence-electron chi connectivity index (χ4n) is 33.3. The molecule has 6 nitrogen and oxygen atoms in total. The highest BCUT2D eigenvalue weighted by Gasteiger charge is 2.82. The normalized spacial score (nSPS) is 25.8. The summed E-state index contributed by atoms with van der Waals surface area (Å²) in [4.78, 5) is 0. The molecule has 35 rings (SSSR count). The van der Waals surface area contributed by atoms with Crippen LogP contribution in [0.15, 0.2) is 267 Å². The van der Waals surface area contributed by atoms with Crippen LogP contribution in [0.25, 0.3) is 98.4 Å². The van der Waals surface area contributed by atoms with Gasteiger partial charge in [0.05, 0.1) is 85.0 Å². The molecule has 16 aromatic carbocycles. The maximum atomic E-state index is 12.8. The lowest BCUT2D eigenvalue weighted by atomic mass is 9.31. The van der Waals surface area contributed by atoms with Crippen molar-refractivity contribution in [1.29, 1.82) is 21.0 Å². The van der Waals surface area contributed by atoms with Gasteiger partial charge in [0.25, 0.3) is 0 Å². The van der Waals surface area contributed by atoms with Crippen LogP contribution in [0.2, 0.25) is 0 Å². The zero-order valence-electron chi connectivity index (χ0n) is 68.6. The van der Waals surface area contributed by atoms with Gasteiger partial charge in [0, 0.05) is 112 Å². The molecule has 0 radical (unpaired) electrons. The quantitative estimate of drug-likeness (QED) is 0.151. The van der Waals surface area contributed by atoms with Crippen molar-refractivity contribution >= 4 is 76.2 Å². The topological polar surface area (TPSA) is 104 Å². The molecule has 0 N–H and O–H groups in total. The molecule has 4 heterocycles. The van der Waals surface area contributed by atoms with Crippen molar-refractivity contribution in [1.82, 2.24) is 8.80 Å². The van der Waals surface area contributed by atoms with E-state index in [1.165, 1.54) is 199 Å². The number of benzene rings is 16. The lowest BCUT2D eigenvalue weighted by Crippen LogP contribution is -2.70. The van der Waals surface area contributed by atoms with Crippen LogP contribution in [-0.4, -0.2) is 8.80 Å². The van der Waals surface area contributed by atoms with E-state index in [-0.39, 0.29) is 52.3 Å². The minimum atomic E-state index is -1.11. The third kappa shape index (κ3) is 5.64. The van der Waals surface area contributed by atoms with Gasteiger partial charge in [-0.25, -0.2) is 0 Å². The van der Waals surface area contributed by atoms with E-state index in [0.29, 0.717) is 16.7 Å². The van der Waals surface area contributed by atoms with Crippen LogP contribution < -0.4 is 0 Å². The molecule has 0 amide bonds. The van der Waals surface area contributed by atoms with Gasteiger partial charge in [-0.05, 0) is 231 Å². The second-order valence-corrected chi connectivity index (χ2v) is 41.0. The maximum absolute atomic E-state index is 12.8. The molecule has 4 bridgehead atoms. The second-order valence-electron chi connectivity index (χ2n) is 41.0. The molecule has 0 fully saturated rings. The first-order chi connectivity index (χ1) is 61.3. The van der Waals surface area contributed by atoms with E-state index in [4.69, 9.17) is 0 Å². The number of fused-ring (bicyclic) bond motifs is 36. The predicted octanol–water partition coefficient (Wildman–Crippen LogP) is 25.2. The Balaban J connectivity index is 0.837. The number of hydrogen-bond acceptors (Lipinski definition) is 4. The van der Waals surface area contributed by atoms with E-state index in [2.05, 4.69) is 335 Å². The summed E-state index contributed by atoms with van der Waals surface area (Å²) < 4.78 is 5.26. The molecule has 6 heteroatoms. The number of nitrogens with zero attached hydrogens (tertiary/aromatic N) is 6. The van der Waals surface area contributed by atoms with E-state index in [1.807, 2.05) is 0 Å². The Morgan fingerprint density at radius 2 is 0.672 bits per heavy atom. The first-order valence-corrected chi connectivity index (χ1v) is 44.9. The van der Waals surface area contributed by atoms with Gasteiger partial charge in [0.15, 0.2) is 0 Å². The van der Waals surface area contributed by atoms with Gasteiger partial charge in [-0.15, -0.1) is 0 Å². The van der Waals surface area contributed by atoms with Crippen LogP contribution in [0.3, 0.4) is 0 Å². The summed E-state index contributed by atoms with van der Waals surface area (Å²) in [6, 6.07) is 116. The highest BCUT2D eigenvalue weighted by Crippen LogP contribution is 2.87. The highest BCUT2D eigenvalue weighted by molar-refractivity contribution is 6.34. The number of aromatic nitrogens is 2. The van der Waals surface area contributed by atoms with E-state index in [0.717, 1.165) is 71.7 Å². The lowest BCUT2D eigenvalue weighted by molar-refractivity contribution is 0.132. The van der Waals surface area contributed by atoms with Crippen LogP contribution in [0.5, 0.6) is 0 Å². The first-order valence-electron chi connectivity index (χ1n) is 44.9. The Labute approximate surface area is 717 Å². The average molecular weight is 1580 g/mol. The number of hydrogen-bond donors (Lipinski definition) is 0. The Morgan fingerprint density at radius 1 is 0.296 bits per heavy atom. The largest absolute Gasteiger partial charge is 0.308 e. The molecule has 4 aromatic heterocycles. The molecular weight excluding hydrogens is 1510 g/mol. The van der Waals surface area contributed by atoms with Crippen LogP contribution in [0.4, 0.5) is 0 Å². The molecule has 572 valence electrons. The summed E-state index contributed by atoms with van der Waals surface area (Å²) >= 11 is 0. The van der Waals surface area contributed by atoms with Crippen molar-refractivity contribution in [3.05, 3.63) is 456 Å². The Hall–Kier alpha value is -14.9. The van der Waals surface area contributed by atoms with Gasteiger partial charge in [-0.2, -0.15) is 21.0 Å². The third-order valence-electron chi connectivity index (χ3n) is 36.5. The zero-order valence-corrected chi connectivity index (χ0v) is 68.6. The van der Waals surface area contributed by atoms with Gasteiger partial charge >= 0.3 is 0 Å². The molecule has 5 spiro atoms. The monoisotopic (exact) mass is 1580 g/mol. The molecule has 10 unspecified atom stereocenters. The Morgan fingerprint density at radius 3 is 1.17 bits per heavy atom. The van der Waals surface area contributed by atoms with E-state index < -0.39 is 27.1 Å². The van der Waals surface area contributed by atoms with Gasteiger partial charge in [-0.3, -0.25) is 0 Å². The van der Waals surface area contributed by atoms with Gasteiger partial charge in [0.2, 0.25) is 0 Å². The predicted molar refractivity (Wildman–Crippen MR) is 488 cm³/mol. The summed E-state index contributed by atoms with van der Waals surface area (Å²) in [7, 11) is 0. The van der Waals surface area contributed by atoms with Crippen molar-refractivity contribution in [2.75, 3.05) is 0 Å². The lowest BCUT2D eigenvalue weighted by Gasteiger charge is -2.70. The summed E-state index contributed by atoms with van der Waals surface area (Å²) in [6.45, 7) is 12.3. The van der Waals surface area contributed by atoms with Crippen LogP contribution >= 0.6 is 0 Å². The Bertz CT molecular complexity index is 9240. The standard InChI is InChI=1S/C119H66N6/c1-113(2,3)58-38-40-60-61-41-39-59-47-83(61)117(82(60)46-58)107-71(49-74-95-85(43-55(51-121)89-99(95)105-68-28-12-17-33-77(68)115(105)75-31-15-10-26-66(75)103(89)115)124-86-44-56(52-122)90-100(96(86)101(107)111(74)124)106-69-29-13-18-34-78(69)116(106)76-32-16-11-27-67(76)104(90)116)72-48-73-94-84(42-54(50-120)88-92-62-22-6-8-24-64(62)93(98(88)94)65-25-9-7-23-63(65)92)125-87-45-57(53-123)91-109-70-30-14-19-35-79(70)118(109)80-36-20-21-37-81(80)119(118,114(59,4)5)110(91)97(87)102(108(72)117)112(73)125/h6-49,92-93,103-106,109H,1-5H3. The van der Waals surface area contributed by atoms with E-state index in [1.54, 1.807) is 0 Å². The minimum Gasteiger partial charge on any atom is -0.308 e. The summed E-state index contributed by atoms with van der Waals surface area (Å²) in [5.41, 5.74) is 48.0. The molecule has 0 saturated heterocycles. The van der Waals surface area contributed by atoms with Crippen molar-refractivity contribution < 1.29 is 0 Å². The van der Waals surface area contributed by atoms with Crippen molar-refractivity contribution in [2.24, 2.45) is 0 Å². The molecule has 15 aliphatic carbocycles. The molecule has 20 aromatic rings. The average Bonchev–Trinajstić information content (AvgIpc) is 1.42. The molecular formula is C119H66N6. The third-order valence-corrected chi connectivity index (χ3v) is 36.5. The molecule has 0 aliphatic heterocycles. The number of nitriles is 4. The van der Waals surface area contributed by atoms with Crippen LogP contribution in [0.1, 0.15) is 265 Å². The van der Waals surface area contributed by atoms with Crippen LogP contribution in [-0.2, 0) is 37.9 Å². The van der Waals surface area contributed by atoms with Crippen molar-refractivity contribution in [2.45, 2.75) is 114 Å². The smallest absolute Gasteiger partial charge is 0.0995 e. The second kappa shape index (κ2) is 19.1. The molecule has 0 saturated carbocycles.